The number of amides is 1. The Bertz CT molecular complexity index is 1180. The van der Waals surface area contributed by atoms with Crippen molar-refractivity contribution in [2.45, 2.75) is 6.54 Å². The molecule has 1 aliphatic heterocycles. The summed E-state index contributed by atoms with van der Waals surface area (Å²) in [7, 11) is 0. The lowest BCUT2D eigenvalue weighted by molar-refractivity contribution is -0.112. The van der Waals surface area contributed by atoms with Crippen molar-refractivity contribution < 1.29 is 9.90 Å². The summed E-state index contributed by atoms with van der Waals surface area (Å²) in [5.74, 6) is -0.350. The van der Waals surface area contributed by atoms with E-state index in [1.807, 2.05) is 42.5 Å². The first-order valence-corrected chi connectivity index (χ1v) is 9.46. The van der Waals surface area contributed by atoms with Crippen molar-refractivity contribution in [2.75, 3.05) is 0 Å². The van der Waals surface area contributed by atoms with Gasteiger partial charge in [-0.25, -0.2) is 4.99 Å². The van der Waals surface area contributed by atoms with Crippen molar-refractivity contribution in [3.8, 4) is 5.88 Å². The Morgan fingerprint density at radius 1 is 1.20 bits per heavy atom. The Balaban J connectivity index is 1.90. The highest BCUT2D eigenvalue weighted by Gasteiger charge is 2.25. The Kier molecular flexibility index (Phi) is 4.15. The van der Waals surface area contributed by atoms with E-state index in [9.17, 15) is 9.90 Å². The van der Waals surface area contributed by atoms with E-state index in [4.69, 9.17) is 12.2 Å². The van der Waals surface area contributed by atoms with Crippen LogP contribution in [0.15, 0.2) is 58.0 Å². The van der Waals surface area contributed by atoms with Gasteiger partial charge in [0.1, 0.15) is 4.88 Å². The lowest BCUT2D eigenvalue weighted by atomic mass is 10.1. The second-order valence-electron chi connectivity index (χ2n) is 5.55. The fourth-order valence-corrected chi connectivity index (χ4v) is 4.47. The summed E-state index contributed by atoms with van der Waals surface area (Å²) < 4.78 is 3.00. The molecular formula is C18H11BrN2O2S2. The van der Waals surface area contributed by atoms with Crippen LogP contribution in [0.1, 0.15) is 10.4 Å². The molecule has 1 aromatic heterocycles. The zero-order chi connectivity index (χ0) is 17.6. The summed E-state index contributed by atoms with van der Waals surface area (Å²) in [5.41, 5.74) is 1.42. The van der Waals surface area contributed by atoms with Gasteiger partial charge in [0.15, 0.2) is 3.95 Å². The predicted octanol–water partition coefficient (Wildman–Crippen LogP) is 3.15. The zero-order valence-corrected chi connectivity index (χ0v) is 16.0. The fourth-order valence-electron chi connectivity index (χ4n) is 2.77. The van der Waals surface area contributed by atoms with Gasteiger partial charge in [0.25, 0.3) is 5.91 Å². The monoisotopic (exact) mass is 430 g/mol. The normalized spacial score (nSPS) is 13.0. The Hall–Kier alpha value is -2.09. The number of fused-ring (bicyclic) bond motifs is 1. The quantitative estimate of drug-likeness (QED) is 0.649. The second-order valence-corrected chi connectivity index (χ2v) is 8.11. The molecule has 1 N–H and O–H groups in total. The Morgan fingerprint density at radius 3 is 2.72 bits per heavy atom. The second kappa shape index (κ2) is 6.33. The standard InChI is InChI=1S/C18H11BrN2O2S2/c19-11-6-7-13-12(8-11)14(16(22)20-13)15-17(23)21(18(24)25-15)9-10-4-2-1-3-5-10/h1-8,23H,9H2. The van der Waals surface area contributed by atoms with E-state index in [1.165, 1.54) is 11.3 Å². The van der Waals surface area contributed by atoms with Crippen LogP contribution in [0.2, 0.25) is 0 Å². The molecule has 2 aromatic carbocycles. The minimum Gasteiger partial charge on any atom is -0.493 e. The average molecular weight is 431 g/mol. The van der Waals surface area contributed by atoms with Crippen molar-refractivity contribution in [1.29, 1.82) is 0 Å². The summed E-state index contributed by atoms with van der Waals surface area (Å²) in [6, 6.07) is 15.2. The van der Waals surface area contributed by atoms with Crippen LogP contribution in [0.4, 0.5) is 0 Å². The van der Waals surface area contributed by atoms with Gasteiger partial charge in [0.05, 0.1) is 17.5 Å². The third-order valence-electron chi connectivity index (χ3n) is 3.94. The van der Waals surface area contributed by atoms with E-state index in [2.05, 4.69) is 20.9 Å². The fraction of sp³-hybridized carbons (Fsp3) is 0.0556. The van der Waals surface area contributed by atoms with Crippen LogP contribution in [-0.2, 0) is 11.3 Å². The number of rotatable bonds is 3. The zero-order valence-electron chi connectivity index (χ0n) is 12.8. The number of benzene rings is 2. The number of carbonyl (C=O) groups excluding carboxylic acids is 1. The number of aromatic hydroxyl groups is 1. The van der Waals surface area contributed by atoms with Gasteiger partial charge in [0.2, 0.25) is 5.88 Å². The van der Waals surface area contributed by atoms with E-state index in [0.29, 0.717) is 31.5 Å². The molecule has 0 unspecified atom stereocenters. The molecule has 0 bridgehead atoms. The van der Waals surface area contributed by atoms with Crippen molar-refractivity contribution in [3.63, 3.8) is 0 Å². The molecule has 0 saturated carbocycles. The first kappa shape index (κ1) is 16.4. The number of halogens is 1. The molecule has 25 heavy (non-hydrogen) atoms. The van der Waals surface area contributed by atoms with Crippen molar-refractivity contribution in [1.82, 2.24) is 4.57 Å². The molecule has 7 heteroatoms. The maximum Gasteiger partial charge on any atom is 0.279 e. The lowest BCUT2D eigenvalue weighted by Gasteiger charge is -2.05. The van der Waals surface area contributed by atoms with Gasteiger partial charge in [0, 0.05) is 9.69 Å². The minimum atomic E-state index is -0.355. The smallest absolute Gasteiger partial charge is 0.279 e. The molecule has 4 nitrogen and oxygen atoms in total. The SMILES string of the molecule is O=C1N=c2ccc(Br)cc2=C1c1sc(=S)n(Cc2ccccc2)c1O. The number of hydrogen-bond donors (Lipinski definition) is 1. The molecule has 124 valence electrons. The number of hydrogen-bond acceptors (Lipinski definition) is 4. The number of carbonyl (C=O) groups is 1. The predicted molar refractivity (Wildman–Crippen MR) is 103 cm³/mol. The molecule has 0 aliphatic carbocycles. The van der Waals surface area contributed by atoms with Crippen LogP contribution < -0.4 is 10.6 Å². The first-order valence-electron chi connectivity index (χ1n) is 7.44. The highest BCUT2D eigenvalue weighted by Crippen LogP contribution is 2.33. The van der Waals surface area contributed by atoms with Crippen molar-refractivity contribution in [2.24, 2.45) is 4.99 Å². The summed E-state index contributed by atoms with van der Waals surface area (Å²) >= 11 is 10.1. The van der Waals surface area contributed by atoms with E-state index < -0.39 is 0 Å². The molecule has 0 saturated heterocycles. The first-order chi connectivity index (χ1) is 12.0. The molecule has 0 atom stereocenters. The van der Waals surface area contributed by atoms with E-state index in [-0.39, 0.29) is 11.8 Å². The van der Waals surface area contributed by atoms with Gasteiger partial charge in [-0.05, 0) is 36.0 Å². The summed E-state index contributed by atoms with van der Waals surface area (Å²) in [4.78, 5) is 16.9. The maximum absolute atomic E-state index is 12.4. The van der Waals surface area contributed by atoms with Crippen LogP contribution >= 0.6 is 39.5 Å². The van der Waals surface area contributed by atoms with Crippen molar-refractivity contribution in [3.05, 3.63) is 78.0 Å². The van der Waals surface area contributed by atoms with Gasteiger partial charge < -0.3 is 5.11 Å². The van der Waals surface area contributed by atoms with Gasteiger partial charge in [-0.3, -0.25) is 9.36 Å². The summed E-state index contributed by atoms with van der Waals surface area (Å²) in [6.45, 7) is 0.450. The molecule has 1 aliphatic rings. The van der Waals surface area contributed by atoms with Crippen LogP contribution in [0.5, 0.6) is 5.88 Å². The van der Waals surface area contributed by atoms with E-state index in [0.717, 1.165) is 10.0 Å². The highest BCUT2D eigenvalue weighted by atomic mass is 79.9. The average Bonchev–Trinajstić information content (AvgIpc) is 3.05. The van der Waals surface area contributed by atoms with Gasteiger partial charge >= 0.3 is 0 Å². The van der Waals surface area contributed by atoms with Gasteiger partial charge in [-0.15, -0.1) is 11.3 Å². The van der Waals surface area contributed by atoms with Gasteiger partial charge in [-0.2, -0.15) is 0 Å². The Morgan fingerprint density at radius 2 is 1.96 bits per heavy atom. The van der Waals surface area contributed by atoms with E-state index >= 15 is 0 Å². The van der Waals surface area contributed by atoms with Gasteiger partial charge in [-0.1, -0.05) is 46.3 Å². The molecule has 0 spiro atoms. The maximum atomic E-state index is 12.4. The largest absolute Gasteiger partial charge is 0.493 e. The minimum absolute atomic E-state index is 0.00484. The molecule has 4 rings (SSSR count). The molecular weight excluding hydrogens is 420 g/mol. The van der Waals surface area contributed by atoms with E-state index in [1.54, 1.807) is 10.6 Å². The molecule has 0 fully saturated rings. The topological polar surface area (TPSA) is 54.6 Å². The molecule has 3 aromatic rings. The number of thiazole rings is 1. The van der Waals surface area contributed by atoms with Crippen LogP contribution in [0, 0.1) is 3.95 Å². The molecule has 2 heterocycles. The number of aromatic nitrogens is 1. The molecule has 0 radical (unpaired) electrons. The Labute approximate surface area is 160 Å². The number of nitrogens with zero attached hydrogens (tertiary/aromatic N) is 2. The van der Waals surface area contributed by atoms with Crippen LogP contribution in [0.3, 0.4) is 0 Å². The van der Waals surface area contributed by atoms with Crippen LogP contribution in [0.25, 0.3) is 5.57 Å². The lowest BCUT2D eigenvalue weighted by Crippen LogP contribution is -2.22. The summed E-state index contributed by atoms with van der Waals surface area (Å²) in [6.07, 6.45) is 0. The third-order valence-corrected chi connectivity index (χ3v) is 5.89. The van der Waals surface area contributed by atoms with Crippen molar-refractivity contribution >= 4 is 51.0 Å². The highest BCUT2D eigenvalue weighted by molar-refractivity contribution is 9.10. The third kappa shape index (κ3) is 2.88. The van der Waals surface area contributed by atoms with Crippen LogP contribution in [-0.4, -0.2) is 15.6 Å². The summed E-state index contributed by atoms with van der Waals surface area (Å²) in [5, 5.41) is 12.0. The molecule has 1 amide bonds.